The van der Waals surface area contributed by atoms with Crippen LogP contribution >= 0.6 is 0 Å². The number of ether oxygens (including phenoxy) is 3. The average Bonchev–Trinajstić information content (AvgIpc) is 2.76. The molecule has 0 aromatic heterocycles. The van der Waals surface area contributed by atoms with E-state index in [2.05, 4.69) is 36.6 Å². The van der Waals surface area contributed by atoms with Gasteiger partial charge in [-0.15, -0.1) is 0 Å². The lowest BCUT2D eigenvalue weighted by Crippen LogP contribution is -1.87. The molecule has 0 spiro atoms. The van der Waals surface area contributed by atoms with Crippen molar-refractivity contribution < 1.29 is 43.9 Å². The maximum atomic E-state index is 9.71. The summed E-state index contributed by atoms with van der Waals surface area (Å²) >= 11 is 0. The van der Waals surface area contributed by atoms with Gasteiger partial charge in [-0.05, 0) is 26.8 Å². The van der Waals surface area contributed by atoms with E-state index in [4.69, 9.17) is 15.3 Å². The Labute approximate surface area is 192 Å². The highest BCUT2D eigenvalue weighted by Gasteiger charge is 1.83. The maximum absolute atomic E-state index is 9.71. The molecule has 9 nitrogen and oxygen atoms in total. The predicted molar refractivity (Wildman–Crippen MR) is 121 cm³/mol. The van der Waals surface area contributed by atoms with Gasteiger partial charge in [0.1, 0.15) is 0 Å². The van der Waals surface area contributed by atoms with Crippen LogP contribution < -0.4 is 0 Å². The number of rotatable bonds is 10. The number of hydrogen-bond acceptors (Lipinski definition) is 6. The Hall–Kier alpha value is -3.53. The molecule has 0 aliphatic heterocycles. The fraction of sp³-hybridized carbons (Fsp3) is 0.318. The zero-order valence-electron chi connectivity index (χ0n) is 18.5. The normalized spacial score (nSPS) is 9.50. The predicted octanol–water partition coefficient (Wildman–Crippen LogP) is 3.22. The van der Waals surface area contributed by atoms with E-state index in [0.29, 0.717) is 19.8 Å². The molecule has 0 saturated carbocycles. The Morgan fingerprint density at radius 3 is 1.22 bits per heavy atom. The summed E-state index contributed by atoms with van der Waals surface area (Å²) in [7, 11) is 3.40. The third-order valence-electron chi connectivity index (χ3n) is 2.47. The van der Waals surface area contributed by atoms with Crippen LogP contribution in [0.1, 0.15) is 26.3 Å². The van der Waals surface area contributed by atoms with E-state index >= 15 is 0 Å². The van der Waals surface area contributed by atoms with Crippen LogP contribution in [0.5, 0.6) is 0 Å². The molecule has 0 bridgehead atoms. The highest BCUT2D eigenvalue weighted by molar-refractivity contribution is 6.08. The third-order valence-corrected chi connectivity index (χ3v) is 2.88. The SMILES string of the molecule is CCOC=CC(=O)O.CCOC=CC(=O)O.CCOC=CC(=O)O.[Si]Cc1ccccc1. The van der Waals surface area contributed by atoms with Gasteiger partial charge in [-0.2, -0.15) is 0 Å². The van der Waals surface area contributed by atoms with Gasteiger partial charge in [-0.1, -0.05) is 35.9 Å². The second-order valence-electron chi connectivity index (χ2n) is 4.95. The summed E-state index contributed by atoms with van der Waals surface area (Å²) in [5.74, 6) is -2.96. The van der Waals surface area contributed by atoms with Crippen molar-refractivity contribution in [2.45, 2.75) is 26.8 Å². The highest BCUT2D eigenvalue weighted by atomic mass is 28.1. The Morgan fingerprint density at radius 2 is 1.03 bits per heavy atom. The first kappa shape index (κ1) is 33.1. The summed E-state index contributed by atoms with van der Waals surface area (Å²) in [6, 6.07) is 11.2. The van der Waals surface area contributed by atoms with Crippen molar-refractivity contribution in [2.24, 2.45) is 0 Å². The van der Waals surface area contributed by atoms with E-state index in [0.717, 1.165) is 43.1 Å². The Morgan fingerprint density at radius 1 is 0.719 bits per heavy atom. The van der Waals surface area contributed by atoms with Crippen molar-refractivity contribution in [3.05, 3.63) is 72.9 Å². The second-order valence-corrected chi connectivity index (χ2v) is 5.30. The molecule has 0 aliphatic carbocycles. The molecule has 32 heavy (non-hydrogen) atoms. The van der Waals surface area contributed by atoms with E-state index in [1.165, 1.54) is 5.56 Å². The molecular weight excluding hydrogens is 436 g/mol. The van der Waals surface area contributed by atoms with Gasteiger partial charge in [-0.3, -0.25) is 0 Å². The fourth-order valence-electron chi connectivity index (χ4n) is 1.20. The maximum Gasteiger partial charge on any atom is 0.331 e. The Bertz CT molecular complexity index is 609. The van der Waals surface area contributed by atoms with Crippen molar-refractivity contribution >= 4 is 28.2 Å². The zero-order valence-corrected chi connectivity index (χ0v) is 19.5. The van der Waals surface area contributed by atoms with E-state index in [1.54, 1.807) is 20.8 Å². The van der Waals surface area contributed by atoms with E-state index in [9.17, 15) is 14.4 Å². The monoisotopic (exact) mass is 467 g/mol. The minimum Gasteiger partial charge on any atom is -0.501 e. The van der Waals surface area contributed by atoms with Crippen molar-refractivity contribution in [1.29, 1.82) is 0 Å². The van der Waals surface area contributed by atoms with Crippen LogP contribution in [0.4, 0.5) is 0 Å². The van der Waals surface area contributed by atoms with Crippen LogP contribution in [0.25, 0.3) is 0 Å². The summed E-state index contributed by atoms with van der Waals surface area (Å²) in [6.07, 6.45) is 6.31. The summed E-state index contributed by atoms with van der Waals surface area (Å²) in [5.41, 5.74) is 1.32. The largest absolute Gasteiger partial charge is 0.501 e. The lowest BCUT2D eigenvalue weighted by atomic mass is 10.2. The second kappa shape index (κ2) is 27.5. The lowest BCUT2D eigenvalue weighted by Gasteiger charge is -1.89. The topological polar surface area (TPSA) is 140 Å². The van der Waals surface area contributed by atoms with Gasteiger partial charge in [0.05, 0.1) is 56.8 Å². The number of hydrogen-bond donors (Lipinski definition) is 3. The standard InChI is InChI=1S/C7H7Si.3C5H8O3/c8-6-7-4-2-1-3-5-7;3*1-2-8-4-3-5(6)7/h1-5H,6H2;3*3-4H,2H2,1H3,(H,6,7). The first-order valence-corrected chi connectivity index (χ1v) is 10.2. The van der Waals surface area contributed by atoms with Gasteiger partial charge in [0.15, 0.2) is 0 Å². The molecule has 0 heterocycles. The molecule has 1 aromatic rings. The molecule has 1 aromatic carbocycles. The van der Waals surface area contributed by atoms with Gasteiger partial charge < -0.3 is 29.5 Å². The summed E-state index contributed by atoms with van der Waals surface area (Å²) in [4.78, 5) is 29.1. The van der Waals surface area contributed by atoms with Crippen LogP contribution in [-0.4, -0.2) is 63.3 Å². The Balaban J connectivity index is -0.000000350. The number of carbonyl (C=O) groups is 3. The minimum atomic E-state index is -0.988. The van der Waals surface area contributed by atoms with Gasteiger partial charge in [-0.25, -0.2) is 14.4 Å². The smallest absolute Gasteiger partial charge is 0.331 e. The molecule has 3 radical (unpaired) electrons. The Kier molecular flexibility index (Phi) is 28.4. The van der Waals surface area contributed by atoms with E-state index in [-0.39, 0.29) is 0 Å². The first-order chi connectivity index (χ1) is 15.2. The van der Waals surface area contributed by atoms with E-state index < -0.39 is 17.9 Å². The number of aliphatic carboxylic acids is 3. The molecule has 0 aliphatic rings. The molecule has 0 unspecified atom stereocenters. The number of carboxylic acid groups (broad SMARTS) is 3. The number of benzene rings is 1. The lowest BCUT2D eigenvalue weighted by molar-refractivity contribution is -0.132. The molecule has 0 saturated heterocycles. The van der Waals surface area contributed by atoms with Gasteiger partial charge in [0, 0.05) is 10.2 Å². The molecule has 10 heteroatoms. The number of carboxylic acids is 3. The van der Waals surface area contributed by atoms with Crippen LogP contribution in [0.15, 0.2) is 67.3 Å². The molecule has 177 valence electrons. The van der Waals surface area contributed by atoms with Crippen molar-refractivity contribution in [2.75, 3.05) is 19.8 Å². The van der Waals surface area contributed by atoms with Crippen LogP contribution in [0.2, 0.25) is 0 Å². The van der Waals surface area contributed by atoms with Gasteiger partial charge in [0.2, 0.25) is 0 Å². The quantitative estimate of drug-likeness (QED) is 0.269. The van der Waals surface area contributed by atoms with Gasteiger partial charge in [0.25, 0.3) is 0 Å². The van der Waals surface area contributed by atoms with Crippen LogP contribution in [-0.2, 0) is 34.6 Å². The fourth-order valence-corrected chi connectivity index (χ4v) is 1.44. The molecule has 1 rings (SSSR count). The average molecular weight is 468 g/mol. The molecular formula is C22H31O9Si. The zero-order chi connectivity index (χ0) is 25.0. The molecule has 0 amide bonds. The summed E-state index contributed by atoms with van der Waals surface area (Å²) in [5, 5.41) is 23.9. The molecule has 0 atom stereocenters. The summed E-state index contributed by atoms with van der Waals surface area (Å²) < 4.78 is 13.7. The molecule has 0 fully saturated rings. The van der Waals surface area contributed by atoms with Crippen molar-refractivity contribution in [3.8, 4) is 0 Å². The van der Waals surface area contributed by atoms with Crippen molar-refractivity contribution in [3.63, 3.8) is 0 Å². The van der Waals surface area contributed by atoms with Gasteiger partial charge >= 0.3 is 17.9 Å². The van der Waals surface area contributed by atoms with E-state index in [1.807, 2.05) is 18.2 Å². The molecule has 3 N–H and O–H groups in total. The van der Waals surface area contributed by atoms with Crippen molar-refractivity contribution in [1.82, 2.24) is 0 Å². The van der Waals surface area contributed by atoms with Crippen LogP contribution in [0.3, 0.4) is 0 Å². The minimum absolute atomic E-state index is 0.504. The highest BCUT2D eigenvalue weighted by Crippen LogP contribution is 1.95. The van der Waals surface area contributed by atoms with Crippen LogP contribution in [0, 0.1) is 0 Å². The first-order valence-electron chi connectivity index (χ1n) is 9.46. The third kappa shape index (κ3) is 37.2. The summed E-state index contributed by atoms with van der Waals surface area (Å²) in [6.45, 7) is 6.86.